The molecule has 0 fully saturated rings. The summed E-state index contributed by atoms with van der Waals surface area (Å²) in [7, 11) is -3.24. The summed E-state index contributed by atoms with van der Waals surface area (Å²) in [5.41, 5.74) is 7.19. The minimum atomic E-state index is -3.24. The van der Waals surface area contributed by atoms with Crippen molar-refractivity contribution in [2.75, 3.05) is 12.0 Å². The summed E-state index contributed by atoms with van der Waals surface area (Å²) in [6.07, 6.45) is 1.13. The van der Waals surface area contributed by atoms with E-state index in [1.807, 2.05) is 0 Å². The number of sulfone groups is 1. The minimum absolute atomic E-state index is 0.0229. The van der Waals surface area contributed by atoms with E-state index in [1.165, 1.54) is 24.3 Å². The Morgan fingerprint density at radius 3 is 2.10 bits per heavy atom. The van der Waals surface area contributed by atoms with Crippen LogP contribution in [0, 0.1) is 0 Å². The Hall–Kier alpha value is -2.34. The van der Waals surface area contributed by atoms with E-state index >= 15 is 0 Å². The standard InChI is InChI=1S/C14H13NO4S/c1-20(18,19)11-5-2-9(3-6-11)10-4-7-13(15)12(8-10)14(16)17/h2-8H,15H2,1H3,(H,16,17). The number of nitrogens with two attached hydrogens (primary N) is 1. The van der Waals surface area contributed by atoms with Gasteiger partial charge >= 0.3 is 5.97 Å². The normalized spacial score (nSPS) is 11.2. The quantitative estimate of drug-likeness (QED) is 0.843. The first kappa shape index (κ1) is 14.1. The molecule has 0 bridgehead atoms. The number of hydrogen-bond donors (Lipinski definition) is 2. The van der Waals surface area contributed by atoms with Crippen LogP contribution < -0.4 is 5.73 Å². The van der Waals surface area contributed by atoms with Crippen LogP contribution in [0.25, 0.3) is 11.1 Å². The maximum Gasteiger partial charge on any atom is 0.337 e. The zero-order chi connectivity index (χ0) is 14.9. The summed E-state index contributed by atoms with van der Waals surface area (Å²) >= 11 is 0. The molecule has 104 valence electrons. The van der Waals surface area contributed by atoms with Crippen LogP contribution in [0.15, 0.2) is 47.4 Å². The van der Waals surface area contributed by atoms with Gasteiger partial charge in [-0.05, 0) is 35.4 Å². The molecular formula is C14H13NO4S. The second kappa shape index (κ2) is 4.97. The van der Waals surface area contributed by atoms with Gasteiger partial charge in [0.15, 0.2) is 9.84 Å². The lowest BCUT2D eigenvalue weighted by Crippen LogP contribution is -2.02. The lowest BCUT2D eigenvalue weighted by atomic mass is 10.0. The number of aromatic carboxylic acids is 1. The molecular weight excluding hydrogens is 278 g/mol. The molecule has 0 heterocycles. The van der Waals surface area contributed by atoms with Crippen molar-refractivity contribution in [3.8, 4) is 11.1 Å². The highest BCUT2D eigenvalue weighted by atomic mass is 32.2. The van der Waals surface area contributed by atoms with Crippen LogP contribution in [-0.2, 0) is 9.84 Å². The molecule has 0 aliphatic carbocycles. The van der Waals surface area contributed by atoms with Crippen molar-refractivity contribution < 1.29 is 18.3 Å². The Bertz CT molecular complexity index is 764. The van der Waals surface area contributed by atoms with Crippen LogP contribution in [0.3, 0.4) is 0 Å². The van der Waals surface area contributed by atoms with Crippen LogP contribution in [0.2, 0.25) is 0 Å². The highest BCUT2D eigenvalue weighted by molar-refractivity contribution is 7.90. The Kier molecular flexibility index (Phi) is 3.50. The van der Waals surface area contributed by atoms with Gasteiger partial charge in [0, 0.05) is 11.9 Å². The van der Waals surface area contributed by atoms with E-state index in [2.05, 4.69) is 0 Å². The average Bonchev–Trinajstić information content (AvgIpc) is 2.38. The molecule has 0 radical (unpaired) electrons. The fraction of sp³-hybridized carbons (Fsp3) is 0.0714. The number of hydrogen-bond acceptors (Lipinski definition) is 4. The molecule has 0 atom stereocenters. The maximum atomic E-state index is 11.4. The fourth-order valence-corrected chi connectivity index (χ4v) is 2.45. The van der Waals surface area contributed by atoms with Crippen molar-refractivity contribution in [1.82, 2.24) is 0 Å². The molecule has 20 heavy (non-hydrogen) atoms. The van der Waals surface area contributed by atoms with Gasteiger partial charge in [0.05, 0.1) is 10.5 Å². The molecule has 2 aromatic carbocycles. The first-order valence-corrected chi connectivity index (χ1v) is 7.61. The van der Waals surface area contributed by atoms with Gasteiger partial charge in [-0.25, -0.2) is 13.2 Å². The molecule has 6 heteroatoms. The predicted octanol–water partition coefficient (Wildman–Crippen LogP) is 2.04. The highest BCUT2D eigenvalue weighted by Crippen LogP contribution is 2.25. The SMILES string of the molecule is CS(=O)(=O)c1ccc(-c2ccc(N)c(C(=O)O)c2)cc1. The largest absolute Gasteiger partial charge is 0.478 e. The van der Waals surface area contributed by atoms with E-state index in [9.17, 15) is 13.2 Å². The summed E-state index contributed by atoms with van der Waals surface area (Å²) < 4.78 is 22.7. The molecule has 0 aliphatic heterocycles. The average molecular weight is 291 g/mol. The number of rotatable bonds is 3. The number of anilines is 1. The van der Waals surface area contributed by atoms with Crippen molar-refractivity contribution in [1.29, 1.82) is 0 Å². The zero-order valence-corrected chi connectivity index (χ0v) is 11.5. The number of carboxylic acids is 1. The van der Waals surface area contributed by atoms with Gasteiger partial charge in [0.2, 0.25) is 0 Å². The highest BCUT2D eigenvalue weighted by Gasteiger charge is 2.11. The monoisotopic (exact) mass is 291 g/mol. The van der Waals surface area contributed by atoms with Crippen molar-refractivity contribution in [3.63, 3.8) is 0 Å². The molecule has 2 aromatic rings. The maximum absolute atomic E-state index is 11.4. The van der Waals surface area contributed by atoms with E-state index in [0.717, 1.165) is 11.8 Å². The third-order valence-electron chi connectivity index (χ3n) is 2.90. The van der Waals surface area contributed by atoms with Gasteiger partial charge in [-0.2, -0.15) is 0 Å². The second-order valence-electron chi connectivity index (χ2n) is 4.40. The molecule has 5 nitrogen and oxygen atoms in total. The summed E-state index contributed by atoms with van der Waals surface area (Å²) in [6, 6.07) is 10.9. The van der Waals surface area contributed by atoms with Crippen LogP contribution in [0.4, 0.5) is 5.69 Å². The van der Waals surface area contributed by atoms with Gasteiger partial charge < -0.3 is 10.8 Å². The number of carbonyl (C=O) groups is 1. The van der Waals surface area contributed by atoms with Gasteiger partial charge in [-0.3, -0.25) is 0 Å². The van der Waals surface area contributed by atoms with E-state index in [-0.39, 0.29) is 16.1 Å². The van der Waals surface area contributed by atoms with Gasteiger partial charge in [-0.15, -0.1) is 0 Å². The second-order valence-corrected chi connectivity index (χ2v) is 6.42. The lowest BCUT2D eigenvalue weighted by molar-refractivity contribution is 0.0698. The Balaban J connectivity index is 2.47. The fourth-order valence-electron chi connectivity index (χ4n) is 1.82. The van der Waals surface area contributed by atoms with Gasteiger partial charge in [0.1, 0.15) is 0 Å². The third kappa shape index (κ3) is 2.80. The minimum Gasteiger partial charge on any atom is -0.478 e. The Morgan fingerprint density at radius 2 is 1.60 bits per heavy atom. The lowest BCUT2D eigenvalue weighted by Gasteiger charge is -2.06. The van der Waals surface area contributed by atoms with E-state index < -0.39 is 15.8 Å². The molecule has 0 amide bonds. The molecule has 3 N–H and O–H groups in total. The van der Waals surface area contributed by atoms with E-state index in [0.29, 0.717) is 5.56 Å². The number of nitrogen functional groups attached to an aromatic ring is 1. The van der Waals surface area contributed by atoms with Crippen molar-refractivity contribution in [3.05, 3.63) is 48.0 Å². The summed E-state index contributed by atoms with van der Waals surface area (Å²) in [5, 5.41) is 9.03. The molecule has 0 aromatic heterocycles. The van der Waals surface area contributed by atoms with Crippen LogP contribution in [0.1, 0.15) is 10.4 Å². The first-order valence-electron chi connectivity index (χ1n) is 5.72. The topological polar surface area (TPSA) is 97.5 Å². The Labute approximate surface area is 116 Å². The number of benzene rings is 2. The smallest absolute Gasteiger partial charge is 0.337 e. The van der Waals surface area contributed by atoms with Crippen LogP contribution in [-0.4, -0.2) is 25.7 Å². The Morgan fingerprint density at radius 1 is 1.05 bits per heavy atom. The molecule has 0 aliphatic rings. The van der Waals surface area contributed by atoms with E-state index in [1.54, 1.807) is 18.2 Å². The van der Waals surface area contributed by atoms with Crippen molar-refractivity contribution in [2.24, 2.45) is 0 Å². The van der Waals surface area contributed by atoms with Crippen molar-refractivity contribution in [2.45, 2.75) is 4.90 Å². The summed E-state index contributed by atoms with van der Waals surface area (Å²) in [5.74, 6) is -1.10. The third-order valence-corrected chi connectivity index (χ3v) is 4.03. The summed E-state index contributed by atoms with van der Waals surface area (Å²) in [4.78, 5) is 11.2. The molecule has 0 saturated heterocycles. The van der Waals surface area contributed by atoms with Gasteiger partial charge in [0.25, 0.3) is 0 Å². The number of carboxylic acid groups (broad SMARTS) is 1. The van der Waals surface area contributed by atoms with Crippen LogP contribution in [0.5, 0.6) is 0 Å². The molecule has 0 spiro atoms. The van der Waals surface area contributed by atoms with Crippen molar-refractivity contribution >= 4 is 21.5 Å². The van der Waals surface area contributed by atoms with Crippen LogP contribution >= 0.6 is 0 Å². The molecule has 0 unspecified atom stereocenters. The van der Waals surface area contributed by atoms with Gasteiger partial charge in [-0.1, -0.05) is 18.2 Å². The molecule has 0 saturated carbocycles. The predicted molar refractivity (Wildman–Crippen MR) is 76.4 cm³/mol. The first-order chi connectivity index (χ1) is 9.29. The van der Waals surface area contributed by atoms with E-state index in [4.69, 9.17) is 10.8 Å². The molecule has 2 rings (SSSR count). The summed E-state index contributed by atoms with van der Waals surface area (Å²) in [6.45, 7) is 0. The zero-order valence-electron chi connectivity index (χ0n) is 10.7.